The number of halogens is 1. The van der Waals surface area contributed by atoms with Gasteiger partial charge in [-0.05, 0) is 48.0 Å². The van der Waals surface area contributed by atoms with Crippen molar-refractivity contribution >= 4 is 72.4 Å². The first kappa shape index (κ1) is 38.6. The number of allylic oxidation sites excluding steroid dienone is 3. The summed E-state index contributed by atoms with van der Waals surface area (Å²) >= 11 is 6.04. The topological polar surface area (TPSA) is 249 Å². The van der Waals surface area contributed by atoms with E-state index >= 15 is 0 Å². The van der Waals surface area contributed by atoms with E-state index in [4.69, 9.17) is 17.3 Å². The number of benzene rings is 3. The molecule has 2 aliphatic rings. The van der Waals surface area contributed by atoms with Gasteiger partial charge in [-0.15, -0.1) is 0 Å². The Balaban J connectivity index is 0.00000270. The molecule has 0 saturated heterocycles. The maximum absolute atomic E-state index is 13.6. The minimum atomic E-state index is -5.24. The average molecular weight is 740 g/mol. The van der Waals surface area contributed by atoms with Crippen molar-refractivity contribution in [2.45, 2.75) is 4.90 Å². The number of rotatable bonds is 8. The Labute approximate surface area is 328 Å². The van der Waals surface area contributed by atoms with Crippen molar-refractivity contribution in [3.63, 3.8) is 0 Å². The number of hydrogen-bond donors (Lipinski definition) is 4. The molecule has 0 fully saturated rings. The van der Waals surface area contributed by atoms with Crippen LogP contribution < -0.4 is 80.8 Å². The molecule has 1 aromatic heterocycles. The van der Waals surface area contributed by atoms with Crippen LogP contribution >= 0.6 is 11.6 Å². The second kappa shape index (κ2) is 15.0. The molecular formula is C29H20ClN7Na2O8S2. The molecule has 2 aliphatic carbocycles. The maximum Gasteiger partial charge on any atom is 1.00 e. The fourth-order valence-corrected chi connectivity index (χ4v) is 6.81. The fraction of sp³-hybridized carbons (Fsp3) is 0.0690. The van der Waals surface area contributed by atoms with Gasteiger partial charge in [0.2, 0.25) is 17.2 Å². The van der Waals surface area contributed by atoms with Gasteiger partial charge in [0.25, 0.3) is 0 Å². The maximum atomic E-state index is 13.6. The Hall–Kier alpha value is -3.20. The van der Waals surface area contributed by atoms with E-state index in [9.17, 15) is 35.5 Å². The number of carbonyl (C=O) groups is 2. The molecule has 2 unspecified atom stereocenters. The average Bonchev–Trinajstić information content (AvgIpc) is 3.00. The smallest absolute Gasteiger partial charge is 0.744 e. The van der Waals surface area contributed by atoms with Crippen LogP contribution in [0.25, 0.3) is 0 Å². The standard InChI is InChI=1S/C29H22ClN7O8S2.2Na/c30-27-35-28(33-14-6-2-1-3-7-14)37-29(36-27)34-18-11-10-15(12-20(18)46(40,41)42)32-19-13-21(47(43,44)45)24(31)23-22(19)25(38)16-8-4-5-9-17(16)26(23)39;;/h1-13,22-23,32H,31H2,(H,40,41,42)(H,43,44,45)(H2,33,34,35,36,37);;/q;2*+1/p-2. The summed E-state index contributed by atoms with van der Waals surface area (Å²) in [5.41, 5.74) is 5.48. The van der Waals surface area contributed by atoms with E-state index in [1.165, 1.54) is 36.4 Å². The first-order valence-corrected chi connectivity index (χ1v) is 16.6. The van der Waals surface area contributed by atoms with Crippen molar-refractivity contribution < 1.29 is 94.6 Å². The monoisotopic (exact) mass is 739 g/mol. The van der Waals surface area contributed by atoms with Gasteiger partial charge in [0, 0.05) is 33.9 Å². The van der Waals surface area contributed by atoms with Gasteiger partial charge in [0.15, 0.2) is 11.6 Å². The van der Waals surface area contributed by atoms with Gasteiger partial charge in [-0.3, -0.25) is 9.59 Å². The molecule has 3 aromatic carbocycles. The van der Waals surface area contributed by atoms with E-state index in [1.54, 1.807) is 30.3 Å². The van der Waals surface area contributed by atoms with Crippen LogP contribution in [0, 0.1) is 11.8 Å². The summed E-state index contributed by atoms with van der Waals surface area (Å²) in [6.45, 7) is 0. The summed E-state index contributed by atoms with van der Waals surface area (Å²) in [6, 6.07) is 18.0. The van der Waals surface area contributed by atoms with Gasteiger partial charge in [-0.1, -0.05) is 42.5 Å². The van der Waals surface area contributed by atoms with Gasteiger partial charge < -0.3 is 30.8 Å². The molecule has 0 spiro atoms. The largest absolute Gasteiger partial charge is 1.00 e. The number of anilines is 5. The minimum absolute atomic E-state index is 0. The van der Waals surface area contributed by atoms with Crippen molar-refractivity contribution in [1.29, 1.82) is 0 Å². The van der Waals surface area contributed by atoms with Crippen LogP contribution in [0.3, 0.4) is 0 Å². The van der Waals surface area contributed by atoms with Crippen molar-refractivity contribution in [3.8, 4) is 0 Å². The predicted octanol–water partition coefficient (Wildman–Crippen LogP) is -2.74. The van der Waals surface area contributed by atoms with Crippen LogP contribution in [0.4, 0.5) is 29.0 Å². The van der Waals surface area contributed by atoms with E-state index in [-0.39, 0.29) is 104 Å². The number of ketones is 2. The van der Waals surface area contributed by atoms with Crippen LogP contribution in [-0.4, -0.2) is 52.5 Å². The van der Waals surface area contributed by atoms with Crippen LogP contribution in [0.15, 0.2) is 100 Å². The molecule has 49 heavy (non-hydrogen) atoms. The number of fused-ring (bicyclic) bond motifs is 2. The molecule has 6 rings (SSSR count). The Morgan fingerprint density at radius 2 is 1.27 bits per heavy atom. The summed E-state index contributed by atoms with van der Waals surface area (Å²) < 4.78 is 73.5. The number of hydrogen-bond acceptors (Lipinski definition) is 15. The molecule has 5 N–H and O–H groups in total. The van der Waals surface area contributed by atoms with Crippen molar-refractivity contribution in [3.05, 3.63) is 112 Å². The second-order valence-electron chi connectivity index (χ2n) is 10.3. The van der Waals surface area contributed by atoms with E-state index in [1.807, 2.05) is 0 Å². The summed E-state index contributed by atoms with van der Waals surface area (Å²) in [7, 11) is -10.4. The Morgan fingerprint density at radius 1 is 0.694 bits per heavy atom. The first-order valence-electron chi connectivity index (χ1n) is 13.4. The molecule has 2 atom stereocenters. The number of nitrogens with zero attached hydrogens (tertiary/aromatic N) is 3. The van der Waals surface area contributed by atoms with Crippen molar-refractivity contribution in [2.75, 3.05) is 16.0 Å². The van der Waals surface area contributed by atoms with Crippen LogP contribution in [0.5, 0.6) is 0 Å². The van der Waals surface area contributed by atoms with Gasteiger partial charge in [-0.2, -0.15) is 15.0 Å². The summed E-state index contributed by atoms with van der Waals surface area (Å²) in [5, 5.41) is 8.01. The molecule has 20 heteroatoms. The summed E-state index contributed by atoms with van der Waals surface area (Å²) in [4.78, 5) is 37.4. The van der Waals surface area contributed by atoms with Crippen LogP contribution in [0.1, 0.15) is 20.7 Å². The van der Waals surface area contributed by atoms with Crippen LogP contribution in [0.2, 0.25) is 5.28 Å². The molecule has 0 bridgehead atoms. The predicted molar refractivity (Wildman–Crippen MR) is 167 cm³/mol. The van der Waals surface area contributed by atoms with Gasteiger partial charge in [0.05, 0.1) is 27.3 Å². The third-order valence-electron chi connectivity index (χ3n) is 7.29. The van der Waals surface area contributed by atoms with Gasteiger partial charge in [-0.25, -0.2) is 16.8 Å². The number of nitrogens with two attached hydrogens (primary N) is 1. The third-order valence-corrected chi connectivity index (χ3v) is 9.23. The Bertz CT molecular complexity index is 2280. The minimum Gasteiger partial charge on any atom is -0.744 e. The van der Waals surface area contributed by atoms with E-state index < -0.39 is 59.1 Å². The van der Waals surface area contributed by atoms with Gasteiger partial charge >= 0.3 is 59.1 Å². The molecular weight excluding hydrogens is 720 g/mol. The zero-order chi connectivity index (χ0) is 33.7. The number of carbonyl (C=O) groups excluding carboxylic acids is 2. The molecule has 1 heterocycles. The van der Waals surface area contributed by atoms with E-state index in [0.717, 1.165) is 12.1 Å². The number of para-hydroxylation sites is 1. The normalized spacial score (nSPS) is 17.1. The van der Waals surface area contributed by atoms with Crippen molar-refractivity contribution in [1.82, 2.24) is 15.0 Å². The molecule has 0 radical (unpaired) electrons. The Kier molecular flexibility index (Phi) is 11.8. The number of nitrogens with one attached hydrogen (secondary N) is 3. The molecule has 0 aliphatic heterocycles. The molecule has 4 aromatic rings. The molecule has 0 amide bonds. The molecule has 0 saturated carbocycles. The number of Topliss-reactive ketones (excluding diaryl/α,β-unsaturated/α-hetero) is 2. The summed E-state index contributed by atoms with van der Waals surface area (Å²) in [6.07, 6.45) is 0.823. The molecule has 240 valence electrons. The second-order valence-corrected chi connectivity index (χ2v) is 13.3. The quantitative estimate of drug-likeness (QED) is 0.106. The third kappa shape index (κ3) is 8.08. The first-order chi connectivity index (χ1) is 22.2. The Morgan fingerprint density at radius 3 is 1.86 bits per heavy atom. The van der Waals surface area contributed by atoms with Gasteiger partial charge in [0.1, 0.15) is 20.2 Å². The SMILES string of the molecule is NC1=C(S(=O)(=O)[O-])C=C(Nc2ccc(Nc3nc(Cl)nc(Nc4ccccc4)n3)c(S(=O)(=O)[O-])c2)C2C(=O)c3ccccc3C(=O)C12.[Na+].[Na+]. The number of aromatic nitrogens is 3. The van der Waals surface area contributed by atoms with Crippen LogP contribution in [-0.2, 0) is 20.2 Å². The zero-order valence-corrected chi connectivity index (χ0v) is 31.9. The zero-order valence-electron chi connectivity index (χ0n) is 25.5. The fourth-order valence-electron chi connectivity index (χ4n) is 5.30. The van der Waals surface area contributed by atoms with E-state index in [0.29, 0.717) is 5.69 Å². The van der Waals surface area contributed by atoms with E-state index in [2.05, 4.69) is 30.9 Å². The molecule has 15 nitrogen and oxygen atoms in total. The van der Waals surface area contributed by atoms with Crippen molar-refractivity contribution in [2.24, 2.45) is 17.6 Å². The summed E-state index contributed by atoms with van der Waals surface area (Å²) in [5.74, 6) is -4.43.